The Morgan fingerprint density at radius 3 is 3.18 bits per heavy atom. The monoisotopic (exact) mass is 173 g/mol. The van der Waals surface area contributed by atoms with E-state index in [1.807, 2.05) is 12.1 Å². The van der Waals surface area contributed by atoms with Crippen LogP contribution in [0.3, 0.4) is 0 Å². The number of rotatable bonds is 5. The van der Waals surface area contributed by atoms with Crippen molar-refractivity contribution in [2.45, 2.75) is 5.75 Å². The van der Waals surface area contributed by atoms with Gasteiger partial charge in [0, 0.05) is 12.3 Å². The third-order valence-corrected chi connectivity index (χ3v) is 2.16. The average molecular weight is 173 g/mol. The lowest BCUT2D eigenvalue weighted by atomic mass is 10.5. The Kier molecular flexibility index (Phi) is 4.11. The van der Waals surface area contributed by atoms with Gasteiger partial charge in [0.1, 0.15) is 5.76 Å². The minimum atomic E-state index is 0.616. The van der Waals surface area contributed by atoms with E-state index in [0.717, 1.165) is 17.3 Å². The van der Waals surface area contributed by atoms with Crippen molar-refractivity contribution >= 4 is 11.8 Å². The minimum Gasteiger partial charge on any atom is -0.468 e. The first-order chi connectivity index (χ1) is 5.43. The molecular weight excluding hydrogens is 162 g/mol. The fourth-order valence-electron chi connectivity index (χ4n) is 0.685. The van der Waals surface area contributed by atoms with Gasteiger partial charge in [-0.3, -0.25) is 0 Å². The van der Waals surface area contributed by atoms with Crippen LogP contribution in [-0.4, -0.2) is 17.5 Å². The Morgan fingerprint density at radius 1 is 1.64 bits per heavy atom. The summed E-state index contributed by atoms with van der Waals surface area (Å²) in [5.74, 6) is 2.74. The van der Waals surface area contributed by atoms with Gasteiger partial charge >= 0.3 is 0 Å². The lowest BCUT2D eigenvalue weighted by molar-refractivity contribution is 0.174. The van der Waals surface area contributed by atoms with Crippen molar-refractivity contribution in [1.29, 1.82) is 0 Å². The van der Waals surface area contributed by atoms with Crippen LogP contribution in [0.4, 0.5) is 0 Å². The van der Waals surface area contributed by atoms with Crippen LogP contribution in [0.25, 0.3) is 0 Å². The van der Waals surface area contributed by atoms with E-state index in [1.165, 1.54) is 0 Å². The van der Waals surface area contributed by atoms with Gasteiger partial charge in [-0.2, -0.15) is 11.8 Å². The maximum Gasteiger partial charge on any atom is 0.113 e. The summed E-state index contributed by atoms with van der Waals surface area (Å²) in [4.78, 5) is 0. The molecule has 1 aromatic heterocycles. The molecule has 11 heavy (non-hydrogen) atoms. The molecule has 0 aliphatic heterocycles. The van der Waals surface area contributed by atoms with E-state index in [-0.39, 0.29) is 0 Å². The van der Waals surface area contributed by atoms with Crippen molar-refractivity contribution in [1.82, 2.24) is 5.48 Å². The highest BCUT2D eigenvalue weighted by Crippen LogP contribution is 2.10. The molecule has 62 valence electrons. The normalized spacial score (nSPS) is 10.3. The molecule has 0 saturated heterocycles. The zero-order valence-electron chi connectivity index (χ0n) is 6.12. The summed E-state index contributed by atoms with van der Waals surface area (Å²) in [6, 6.07) is 3.82. The van der Waals surface area contributed by atoms with E-state index in [9.17, 15) is 0 Å². The zero-order chi connectivity index (χ0) is 7.94. The fraction of sp³-hybridized carbons (Fsp3) is 0.429. The van der Waals surface area contributed by atoms with Crippen molar-refractivity contribution in [2.24, 2.45) is 0 Å². The predicted molar refractivity (Wildman–Crippen MR) is 44.7 cm³/mol. The van der Waals surface area contributed by atoms with Crippen LogP contribution in [0.5, 0.6) is 0 Å². The van der Waals surface area contributed by atoms with Gasteiger partial charge in [0.15, 0.2) is 0 Å². The molecule has 0 bridgehead atoms. The molecule has 0 fully saturated rings. The third kappa shape index (κ3) is 3.46. The largest absolute Gasteiger partial charge is 0.468 e. The van der Waals surface area contributed by atoms with Crippen LogP contribution < -0.4 is 5.48 Å². The summed E-state index contributed by atoms with van der Waals surface area (Å²) in [6.07, 6.45) is 1.67. The summed E-state index contributed by atoms with van der Waals surface area (Å²) in [5.41, 5.74) is 2.10. The lowest BCUT2D eigenvalue weighted by Gasteiger charge is -1.96. The van der Waals surface area contributed by atoms with E-state index in [0.29, 0.717) is 6.54 Å². The summed E-state index contributed by atoms with van der Waals surface area (Å²) in [5, 5.41) is 8.24. The predicted octanol–water partition coefficient (Wildman–Crippen LogP) is 1.49. The number of hydroxylamine groups is 1. The van der Waals surface area contributed by atoms with Gasteiger partial charge < -0.3 is 9.62 Å². The van der Waals surface area contributed by atoms with Gasteiger partial charge in [0.2, 0.25) is 0 Å². The van der Waals surface area contributed by atoms with E-state index >= 15 is 0 Å². The molecule has 2 N–H and O–H groups in total. The number of hydrogen-bond donors (Lipinski definition) is 2. The second kappa shape index (κ2) is 5.23. The molecule has 0 aromatic carbocycles. The molecule has 0 spiro atoms. The van der Waals surface area contributed by atoms with Gasteiger partial charge in [-0.05, 0) is 12.1 Å². The summed E-state index contributed by atoms with van der Waals surface area (Å²) >= 11 is 1.72. The standard InChI is InChI=1S/C7H11NO2S/c9-8-3-5-11-6-7-2-1-4-10-7/h1-2,4,8-9H,3,5-6H2. The smallest absolute Gasteiger partial charge is 0.113 e. The highest BCUT2D eigenvalue weighted by atomic mass is 32.2. The second-order valence-corrected chi connectivity index (χ2v) is 3.15. The average Bonchev–Trinajstić information content (AvgIpc) is 2.50. The van der Waals surface area contributed by atoms with Crippen molar-refractivity contribution in [3.8, 4) is 0 Å². The Bertz CT molecular complexity index is 177. The van der Waals surface area contributed by atoms with E-state index in [2.05, 4.69) is 5.48 Å². The van der Waals surface area contributed by atoms with E-state index in [1.54, 1.807) is 18.0 Å². The van der Waals surface area contributed by atoms with Crippen LogP contribution in [0.1, 0.15) is 5.76 Å². The molecule has 0 aliphatic rings. The molecule has 1 rings (SSSR count). The SMILES string of the molecule is ONCCSCc1ccco1. The van der Waals surface area contributed by atoms with Gasteiger partial charge in [0.05, 0.1) is 12.0 Å². The maximum atomic E-state index is 8.24. The molecule has 1 aromatic rings. The number of thioether (sulfide) groups is 1. The number of furan rings is 1. The van der Waals surface area contributed by atoms with Gasteiger partial charge in [-0.25, -0.2) is 5.48 Å². The molecular formula is C7H11NO2S. The quantitative estimate of drug-likeness (QED) is 0.523. The molecule has 0 unspecified atom stereocenters. The Hall–Kier alpha value is -0.450. The minimum absolute atomic E-state index is 0.616. The summed E-state index contributed by atoms with van der Waals surface area (Å²) in [7, 11) is 0. The van der Waals surface area contributed by atoms with Gasteiger partial charge in [0.25, 0.3) is 0 Å². The van der Waals surface area contributed by atoms with Crippen LogP contribution in [0, 0.1) is 0 Å². The van der Waals surface area contributed by atoms with Crippen LogP contribution in [0.15, 0.2) is 22.8 Å². The van der Waals surface area contributed by atoms with Gasteiger partial charge in [-0.15, -0.1) is 0 Å². The number of nitrogens with one attached hydrogen (secondary N) is 1. The molecule has 0 aliphatic carbocycles. The topological polar surface area (TPSA) is 45.4 Å². The maximum absolute atomic E-state index is 8.24. The Balaban J connectivity index is 2.04. The van der Waals surface area contributed by atoms with Crippen molar-refractivity contribution in [2.75, 3.05) is 12.3 Å². The molecule has 0 amide bonds. The molecule has 0 radical (unpaired) electrons. The van der Waals surface area contributed by atoms with Crippen LogP contribution in [0.2, 0.25) is 0 Å². The molecule has 0 atom stereocenters. The van der Waals surface area contributed by atoms with E-state index in [4.69, 9.17) is 9.62 Å². The third-order valence-electron chi connectivity index (χ3n) is 1.18. The second-order valence-electron chi connectivity index (χ2n) is 2.04. The molecule has 1 heterocycles. The van der Waals surface area contributed by atoms with Crippen LogP contribution >= 0.6 is 11.8 Å². The van der Waals surface area contributed by atoms with E-state index < -0.39 is 0 Å². The lowest BCUT2D eigenvalue weighted by Crippen LogP contribution is -2.10. The fourth-order valence-corrected chi connectivity index (χ4v) is 1.43. The van der Waals surface area contributed by atoms with Gasteiger partial charge in [-0.1, -0.05) is 0 Å². The molecule has 0 saturated carbocycles. The summed E-state index contributed by atoms with van der Waals surface area (Å²) in [6.45, 7) is 0.616. The Morgan fingerprint density at radius 2 is 2.55 bits per heavy atom. The molecule has 4 heteroatoms. The molecule has 3 nitrogen and oxygen atoms in total. The Labute approximate surface area is 69.7 Å². The van der Waals surface area contributed by atoms with Crippen LogP contribution in [-0.2, 0) is 5.75 Å². The summed E-state index contributed by atoms with van der Waals surface area (Å²) < 4.78 is 5.11. The zero-order valence-corrected chi connectivity index (χ0v) is 6.93. The first-order valence-electron chi connectivity index (χ1n) is 3.40. The first-order valence-corrected chi connectivity index (χ1v) is 4.56. The highest BCUT2D eigenvalue weighted by molar-refractivity contribution is 7.98. The number of hydrogen-bond acceptors (Lipinski definition) is 4. The van der Waals surface area contributed by atoms with Crippen molar-refractivity contribution in [3.05, 3.63) is 24.2 Å². The first kappa shape index (κ1) is 8.64. The van der Waals surface area contributed by atoms with Crippen molar-refractivity contribution in [3.63, 3.8) is 0 Å². The van der Waals surface area contributed by atoms with Crippen molar-refractivity contribution < 1.29 is 9.62 Å². The highest BCUT2D eigenvalue weighted by Gasteiger charge is 1.94.